The van der Waals surface area contributed by atoms with Crippen LogP contribution in [0.15, 0.2) is 12.3 Å². The largest absolute Gasteiger partial charge is 0.433 e. The van der Waals surface area contributed by atoms with E-state index >= 15 is 0 Å². The summed E-state index contributed by atoms with van der Waals surface area (Å²) >= 11 is 3.39. The van der Waals surface area contributed by atoms with Crippen molar-refractivity contribution in [2.45, 2.75) is 37.2 Å². The highest BCUT2D eigenvalue weighted by molar-refractivity contribution is 9.09. The van der Waals surface area contributed by atoms with Gasteiger partial charge in [-0.2, -0.15) is 13.2 Å². The average molecular weight is 297 g/mol. The number of hydrogen-bond acceptors (Lipinski definition) is 2. The molecule has 6 heteroatoms. The molecule has 1 rings (SSSR count). The summed E-state index contributed by atoms with van der Waals surface area (Å²) in [6.45, 7) is 3.75. The van der Waals surface area contributed by atoms with Gasteiger partial charge >= 0.3 is 6.18 Å². The number of nitrogens with zero attached hydrogens (tertiary/aromatic N) is 2. The van der Waals surface area contributed by atoms with Crippen LogP contribution < -0.4 is 0 Å². The number of alkyl halides is 4. The van der Waals surface area contributed by atoms with Crippen molar-refractivity contribution in [2.75, 3.05) is 0 Å². The van der Waals surface area contributed by atoms with Crippen molar-refractivity contribution in [3.05, 3.63) is 23.8 Å². The molecule has 0 aromatic carbocycles. The Labute approximate surface area is 100 Å². The fourth-order valence-electron chi connectivity index (χ4n) is 1.27. The summed E-state index contributed by atoms with van der Waals surface area (Å²) in [5, 5.41) is 0. The number of hydrogen-bond donors (Lipinski definition) is 0. The summed E-state index contributed by atoms with van der Waals surface area (Å²) in [5.74, 6) is 0.0749. The lowest BCUT2D eigenvalue weighted by atomic mass is 10.1. The van der Waals surface area contributed by atoms with Gasteiger partial charge in [0.25, 0.3) is 0 Å². The van der Waals surface area contributed by atoms with Crippen molar-refractivity contribution in [1.82, 2.24) is 9.97 Å². The van der Waals surface area contributed by atoms with Gasteiger partial charge < -0.3 is 0 Å². The van der Waals surface area contributed by atoms with E-state index in [-0.39, 0.29) is 16.6 Å². The molecule has 1 aromatic heterocycles. The molecule has 1 aromatic rings. The summed E-state index contributed by atoms with van der Waals surface area (Å²) in [5.41, 5.74) is -0.889. The van der Waals surface area contributed by atoms with Gasteiger partial charge in [0.1, 0.15) is 11.5 Å². The minimum atomic E-state index is -4.41. The van der Waals surface area contributed by atoms with Crippen molar-refractivity contribution in [1.29, 1.82) is 0 Å². The first-order valence-corrected chi connectivity index (χ1v) is 5.82. The molecule has 90 valence electrons. The van der Waals surface area contributed by atoms with Gasteiger partial charge in [-0.25, -0.2) is 9.97 Å². The third-order valence-electron chi connectivity index (χ3n) is 2.30. The lowest BCUT2D eigenvalue weighted by Crippen LogP contribution is -2.15. The van der Waals surface area contributed by atoms with Crippen LogP contribution in [-0.4, -0.2) is 14.8 Å². The summed E-state index contributed by atoms with van der Waals surface area (Å²) in [4.78, 5) is 7.51. The first kappa shape index (κ1) is 13.4. The molecule has 0 saturated heterocycles. The number of aromatic nitrogens is 2. The second-order valence-electron chi connectivity index (χ2n) is 3.51. The molecule has 0 N–H and O–H groups in total. The van der Waals surface area contributed by atoms with E-state index in [1.54, 1.807) is 6.92 Å². The third-order valence-corrected chi connectivity index (χ3v) is 3.74. The fourth-order valence-corrected chi connectivity index (χ4v) is 1.50. The Hall–Kier alpha value is -0.650. The zero-order valence-electron chi connectivity index (χ0n) is 8.92. The summed E-state index contributed by atoms with van der Waals surface area (Å²) in [6, 6.07) is 0.880. The molecule has 0 saturated carbocycles. The molecule has 0 amide bonds. The lowest BCUT2D eigenvalue weighted by Gasteiger charge is -2.16. The second-order valence-corrected chi connectivity index (χ2v) is 4.69. The predicted molar refractivity (Wildman–Crippen MR) is 58.5 cm³/mol. The van der Waals surface area contributed by atoms with E-state index in [0.29, 0.717) is 0 Å². The van der Waals surface area contributed by atoms with Crippen molar-refractivity contribution < 1.29 is 13.2 Å². The van der Waals surface area contributed by atoms with Gasteiger partial charge in [-0.15, -0.1) is 0 Å². The molecule has 0 aliphatic heterocycles. The summed E-state index contributed by atoms with van der Waals surface area (Å²) < 4.78 is 37.2. The molecule has 2 nitrogen and oxygen atoms in total. The van der Waals surface area contributed by atoms with E-state index in [0.717, 1.165) is 18.7 Å². The molecule has 1 heterocycles. The quantitative estimate of drug-likeness (QED) is 0.794. The Morgan fingerprint density at radius 3 is 2.56 bits per heavy atom. The van der Waals surface area contributed by atoms with Crippen molar-refractivity contribution >= 4 is 15.9 Å². The van der Waals surface area contributed by atoms with Crippen molar-refractivity contribution in [2.24, 2.45) is 0 Å². The van der Waals surface area contributed by atoms with Crippen LogP contribution in [0.25, 0.3) is 0 Å². The smallest absolute Gasteiger partial charge is 0.241 e. The first-order valence-electron chi connectivity index (χ1n) is 4.90. The molecular weight excluding hydrogens is 285 g/mol. The van der Waals surface area contributed by atoms with Gasteiger partial charge in [0.05, 0.1) is 0 Å². The van der Waals surface area contributed by atoms with Crippen LogP contribution in [0.5, 0.6) is 0 Å². The number of rotatable bonds is 3. The van der Waals surface area contributed by atoms with Crippen LogP contribution in [-0.2, 0) is 6.18 Å². The van der Waals surface area contributed by atoms with Crippen molar-refractivity contribution in [3.63, 3.8) is 0 Å². The van der Waals surface area contributed by atoms with Crippen LogP contribution in [0.1, 0.15) is 37.7 Å². The molecule has 0 aliphatic rings. The second kappa shape index (κ2) is 5.12. The van der Waals surface area contributed by atoms with Gasteiger partial charge in [0.2, 0.25) is 0 Å². The Kier molecular flexibility index (Phi) is 4.29. The normalized spacial score (nSPS) is 15.9. The van der Waals surface area contributed by atoms with Crippen molar-refractivity contribution in [3.8, 4) is 0 Å². The van der Waals surface area contributed by atoms with E-state index in [9.17, 15) is 13.2 Å². The molecule has 0 bridgehead atoms. The van der Waals surface area contributed by atoms with E-state index in [4.69, 9.17) is 0 Å². The average Bonchev–Trinajstić information content (AvgIpc) is 2.26. The zero-order chi connectivity index (χ0) is 12.3. The zero-order valence-corrected chi connectivity index (χ0v) is 10.5. The first-order chi connectivity index (χ1) is 7.36. The van der Waals surface area contributed by atoms with Crippen LogP contribution in [0.3, 0.4) is 0 Å². The Bertz CT molecular complexity index is 354. The monoisotopic (exact) mass is 296 g/mol. The fraction of sp³-hybridized carbons (Fsp3) is 0.600. The summed E-state index contributed by atoms with van der Waals surface area (Å²) in [7, 11) is 0. The molecule has 16 heavy (non-hydrogen) atoms. The van der Waals surface area contributed by atoms with Gasteiger partial charge in [0.15, 0.2) is 0 Å². The SMILES string of the molecule is CCC(Br)C(C)c1nccc(C(F)(F)F)n1. The maximum absolute atomic E-state index is 12.4. The Morgan fingerprint density at radius 1 is 1.44 bits per heavy atom. The van der Waals surface area contributed by atoms with E-state index < -0.39 is 11.9 Å². The van der Waals surface area contributed by atoms with E-state index in [2.05, 4.69) is 25.9 Å². The Morgan fingerprint density at radius 2 is 2.06 bits per heavy atom. The third kappa shape index (κ3) is 3.17. The van der Waals surface area contributed by atoms with Crippen LogP contribution in [0.2, 0.25) is 0 Å². The minimum Gasteiger partial charge on any atom is -0.241 e. The van der Waals surface area contributed by atoms with Gasteiger partial charge in [-0.05, 0) is 12.5 Å². The molecule has 0 spiro atoms. The maximum atomic E-state index is 12.4. The van der Waals surface area contributed by atoms with Crippen LogP contribution in [0.4, 0.5) is 13.2 Å². The maximum Gasteiger partial charge on any atom is 0.433 e. The molecule has 0 radical (unpaired) electrons. The van der Waals surface area contributed by atoms with Gasteiger partial charge in [-0.1, -0.05) is 29.8 Å². The van der Waals surface area contributed by atoms with Crippen LogP contribution >= 0.6 is 15.9 Å². The van der Waals surface area contributed by atoms with E-state index in [1.807, 2.05) is 6.92 Å². The van der Waals surface area contributed by atoms with E-state index in [1.165, 1.54) is 0 Å². The topological polar surface area (TPSA) is 25.8 Å². The van der Waals surface area contributed by atoms with Crippen LogP contribution in [0, 0.1) is 0 Å². The standard InChI is InChI=1S/C10H12BrF3N2/c1-3-7(11)6(2)9-15-5-4-8(16-9)10(12,13)14/h4-7H,3H2,1-2H3. The molecule has 2 atom stereocenters. The molecule has 0 fully saturated rings. The molecule has 0 aliphatic carbocycles. The Balaban J connectivity index is 2.99. The lowest BCUT2D eigenvalue weighted by molar-refractivity contribution is -0.141. The number of halogens is 4. The molecular formula is C10H12BrF3N2. The minimum absolute atomic E-state index is 0.0796. The summed E-state index contributed by atoms with van der Waals surface area (Å²) in [6.07, 6.45) is -2.46. The molecule has 2 unspecified atom stereocenters. The highest BCUT2D eigenvalue weighted by Crippen LogP contribution is 2.29. The van der Waals surface area contributed by atoms with Gasteiger partial charge in [0, 0.05) is 16.9 Å². The van der Waals surface area contributed by atoms with Gasteiger partial charge in [-0.3, -0.25) is 0 Å². The highest BCUT2D eigenvalue weighted by atomic mass is 79.9. The predicted octanol–water partition coefficient (Wildman–Crippen LogP) is 3.77. The highest BCUT2D eigenvalue weighted by Gasteiger charge is 2.33.